The normalized spacial score (nSPS) is 15.8. The Morgan fingerprint density at radius 1 is 1.17 bits per heavy atom. The molecule has 0 spiro atoms. The van der Waals surface area contributed by atoms with Gasteiger partial charge in [-0.2, -0.15) is 9.61 Å². The minimum atomic E-state index is 0.552. The molecular formula is C19H21N3OS. The fourth-order valence-corrected chi connectivity index (χ4v) is 4.54. The molecule has 1 aromatic carbocycles. The fourth-order valence-electron chi connectivity index (χ4n) is 3.62. The van der Waals surface area contributed by atoms with Gasteiger partial charge >= 0.3 is 0 Å². The standard InChI is InChI=1S/C19H21N3OS/c23-13-16-18(15-9-5-2-6-10-15)20-19-22(16)21-17(24-19)12-11-14-7-3-1-4-8-14/h2,5-6,9-10,13-14H,1,3-4,7-8,11-12H2. The van der Waals surface area contributed by atoms with Crippen LogP contribution in [0.1, 0.15) is 54.0 Å². The molecule has 1 saturated carbocycles. The van der Waals surface area contributed by atoms with Gasteiger partial charge in [-0.05, 0) is 12.3 Å². The van der Waals surface area contributed by atoms with Crippen LogP contribution in [0.25, 0.3) is 16.2 Å². The number of hydrogen-bond acceptors (Lipinski definition) is 4. The Kier molecular flexibility index (Phi) is 4.43. The van der Waals surface area contributed by atoms with E-state index in [1.807, 2.05) is 30.3 Å². The van der Waals surface area contributed by atoms with E-state index in [1.165, 1.54) is 38.5 Å². The molecule has 4 rings (SSSR count). The maximum Gasteiger partial charge on any atom is 0.213 e. The molecule has 5 heteroatoms. The van der Waals surface area contributed by atoms with Gasteiger partial charge in [-0.1, -0.05) is 73.8 Å². The Morgan fingerprint density at radius 3 is 2.71 bits per heavy atom. The van der Waals surface area contributed by atoms with Gasteiger partial charge in [-0.15, -0.1) is 0 Å². The first kappa shape index (κ1) is 15.5. The molecule has 0 aliphatic heterocycles. The monoisotopic (exact) mass is 339 g/mol. The number of nitrogens with zero attached hydrogens (tertiary/aromatic N) is 3. The largest absolute Gasteiger partial charge is 0.296 e. The summed E-state index contributed by atoms with van der Waals surface area (Å²) in [7, 11) is 0. The highest BCUT2D eigenvalue weighted by molar-refractivity contribution is 7.16. The van der Waals surface area contributed by atoms with E-state index in [-0.39, 0.29) is 0 Å². The van der Waals surface area contributed by atoms with Gasteiger partial charge in [0.25, 0.3) is 0 Å². The van der Waals surface area contributed by atoms with E-state index in [0.717, 1.165) is 39.9 Å². The van der Waals surface area contributed by atoms with Crippen molar-refractivity contribution in [2.75, 3.05) is 0 Å². The van der Waals surface area contributed by atoms with Crippen molar-refractivity contribution in [3.05, 3.63) is 41.0 Å². The zero-order chi connectivity index (χ0) is 16.4. The first-order chi connectivity index (χ1) is 11.8. The summed E-state index contributed by atoms with van der Waals surface area (Å²) >= 11 is 1.61. The Hall–Kier alpha value is -2.01. The van der Waals surface area contributed by atoms with Crippen LogP contribution in [0.3, 0.4) is 0 Å². The van der Waals surface area contributed by atoms with Crippen molar-refractivity contribution in [3.8, 4) is 11.3 Å². The number of aryl methyl sites for hydroxylation is 1. The molecule has 0 saturated heterocycles. The molecule has 4 nitrogen and oxygen atoms in total. The number of carbonyl (C=O) groups is 1. The minimum absolute atomic E-state index is 0.552. The molecule has 24 heavy (non-hydrogen) atoms. The number of carbonyl (C=O) groups excluding carboxylic acids is 1. The Morgan fingerprint density at radius 2 is 1.96 bits per heavy atom. The molecule has 0 unspecified atom stereocenters. The van der Waals surface area contributed by atoms with Crippen molar-refractivity contribution in [1.29, 1.82) is 0 Å². The lowest BCUT2D eigenvalue weighted by molar-refractivity contribution is 0.111. The highest BCUT2D eigenvalue weighted by Gasteiger charge is 2.19. The quantitative estimate of drug-likeness (QED) is 0.628. The second kappa shape index (κ2) is 6.85. The van der Waals surface area contributed by atoms with Gasteiger partial charge in [0.2, 0.25) is 4.96 Å². The third-order valence-electron chi connectivity index (χ3n) is 4.93. The van der Waals surface area contributed by atoms with E-state index in [0.29, 0.717) is 5.69 Å². The van der Waals surface area contributed by atoms with E-state index in [9.17, 15) is 4.79 Å². The Balaban J connectivity index is 1.57. The summed E-state index contributed by atoms with van der Waals surface area (Å²) < 4.78 is 1.72. The average molecular weight is 339 g/mol. The number of rotatable bonds is 5. The Labute approximate surface area is 145 Å². The van der Waals surface area contributed by atoms with Crippen LogP contribution >= 0.6 is 11.3 Å². The van der Waals surface area contributed by atoms with Gasteiger partial charge in [0.05, 0.1) is 0 Å². The number of imidazole rings is 1. The lowest BCUT2D eigenvalue weighted by Crippen LogP contribution is -2.07. The van der Waals surface area contributed by atoms with E-state index < -0.39 is 0 Å². The summed E-state index contributed by atoms with van der Waals surface area (Å²) in [6.07, 6.45) is 9.94. The maximum atomic E-state index is 11.6. The molecule has 0 atom stereocenters. The first-order valence-corrected chi connectivity index (χ1v) is 9.56. The average Bonchev–Trinajstić information content (AvgIpc) is 3.18. The van der Waals surface area contributed by atoms with Crippen LogP contribution in [0.15, 0.2) is 30.3 Å². The van der Waals surface area contributed by atoms with E-state index in [4.69, 9.17) is 0 Å². The van der Waals surface area contributed by atoms with E-state index >= 15 is 0 Å². The summed E-state index contributed by atoms with van der Waals surface area (Å²) in [6, 6.07) is 9.83. The van der Waals surface area contributed by atoms with Gasteiger partial charge < -0.3 is 0 Å². The van der Waals surface area contributed by atoms with Crippen molar-refractivity contribution in [3.63, 3.8) is 0 Å². The predicted octanol–water partition coefficient (Wildman–Crippen LogP) is 4.78. The van der Waals surface area contributed by atoms with Crippen LogP contribution in [0.5, 0.6) is 0 Å². The van der Waals surface area contributed by atoms with Crippen LogP contribution in [0.4, 0.5) is 0 Å². The predicted molar refractivity (Wildman–Crippen MR) is 96.6 cm³/mol. The molecule has 124 valence electrons. The second-order valence-corrected chi connectivity index (χ2v) is 7.60. The van der Waals surface area contributed by atoms with Crippen LogP contribution in [-0.4, -0.2) is 20.9 Å². The third-order valence-corrected chi connectivity index (χ3v) is 5.90. The minimum Gasteiger partial charge on any atom is -0.296 e. The lowest BCUT2D eigenvalue weighted by Gasteiger charge is -2.20. The van der Waals surface area contributed by atoms with Crippen molar-refractivity contribution in [1.82, 2.24) is 14.6 Å². The van der Waals surface area contributed by atoms with Crippen LogP contribution < -0.4 is 0 Å². The van der Waals surface area contributed by atoms with Gasteiger partial charge in [0.1, 0.15) is 16.4 Å². The molecule has 3 aromatic rings. The zero-order valence-electron chi connectivity index (χ0n) is 13.6. The van der Waals surface area contributed by atoms with Crippen LogP contribution in [0, 0.1) is 5.92 Å². The summed E-state index contributed by atoms with van der Waals surface area (Å²) in [5.41, 5.74) is 2.24. The topological polar surface area (TPSA) is 47.3 Å². The van der Waals surface area contributed by atoms with Crippen molar-refractivity contribution >= 4 is 22.6 Å². The number of hydrogen-bond donors (Lipinski definition) is 0. The molecule has 0 amide bonds. The number of aromatic nitrogens is 3. The number of aldehydes is 1. The molecule has 1 fully saturated rings. The number of benzene rings is 1. The van der Waals surface area contributed by atoms with E-state index in [2.05, 4.69) is 10.1 Å². The molecule has 0 radical (unpaired) electrons. The smallest absolute Gasteiger partial charge is 0.213 e. The molecular weight excluding hydrogens is 318 g/mol. The van der Waals surface area contributed by atoms with Gasteiger partial charge in [-0.3, -0.25) is 4.79 Å². The number of fused-ring (bicyclic) bond motifs is 1. The highest BCUT2D eigenvalue weighted by Crippen LogP contribution is 2.30. The van der Waals surface area contributed by atoms with E-state index in [1.54, 1.807) is 15.9 Å². The summed E-state index contributed by atoms with van der Waals surface area (Å²) in [6.45, 7) is 0. The lowest BCUT2D eigenvalue weighted by atomic mass is 9.86. The second-order valence-electron chi connectivity index (χ2n) is 6.56. The van der Waals surface area contributed by atoms with Gasteiger partial charge in [-0.25, -0.2) is 4.98 Å². The van der Waals surface area contributed by atoms with Gasteiger partial charge in [0.15, 0.2) is 6.29 Å². The summed E-state index contributed by atoms with van der Waals surface area (Å²) in [4.78, 5) is 17.1. The molecule has 0 bridgehead atoms. The zero-order valence-corrected chi connectivity index (χ0v) is 14.5. The van der Waals surface area contributed by atoms with Crippen LogP contribution in [-0.2, 0) is 6.42 Å². The molecule has 2 heterocycles. The van der Waals surface area contributed by atoms with Crippen molar-refractivity contribution in [2.45, 2.75) is 44.9 Å². The highest BCUT2D eigenvalue weighted by atomic mass is 32.1. The SMILES string of the molecule is O=Cc1c(-c2ccccc2)nc2sc(CCC3CCCCC3)nn12. The molecule has 0 N–H and O–H groups in total. The maximum absolute atomic E-state index is 11.6. The summed E-state index contributed by atoms with van der Waals surface area (Å²) in [5, 5.41) is 5.74. The third kappa shape index (κ3) is 3.00. The fraction of sp³-hybridized carbons (Fsp3) is 0.421. The van der Waals surface area contributed by atoms with Gasteiger partial charge in [0, 0.05) is 12.0 Å². The Bertz CT molecular complexity index is 831. The molecule has 1 aliphatic rings. The first-order valence-electron chi connectivity index (χ1n) is 8.74. The molecule has 1 aliphatic carbocycles. The van der Waals surface area contributed by atoms with Crippen molar-refractivity contribution in [2.24, 2.45) is 5.92 Å². The van der Waals surface area contributed by atoms with Crippen molar-refractivity contribution < 1.29 is 4.79 Å². The molecule has 2 aromatic heterocycles. The van der Waals surface area contributed by atoms with Crippen LogP contribution in [0.2, 0.25) is 0 Å². The summed E-state index contributed by atoms with van der Waals surface area (Å²) in [5.74, 6) is 0.848.